The maximum absolute atomic E-state index is 11.3. The average molecular weight is 277 g/mol. The number of nitrogens with zero attached hydrogens (tertiary/aromatic N) is 1. The Kier molecular flexibility index (Phi) is 4.16. The lowest BCUT2D eigenvalue weighted by Crippen LogP contribution is -2.18. The minimum atomic E-state index is -0.305. The van der Waals surface area contributed by atoms with Crippen molar-refractivity contribution in [1.29, 1.82) is 0 Å². The van der Waals surface area contributed by atoms with E-state index in [9.17, 15) is 10.1 Å². The van der Waals surface area contributed by atoms with Crippen molar-refractivity contribution in [2.45, 2.75) is 46.1 Å². The third-order valence-electron chi connectivity index (χ3n) is 3.91. The van der Waals surface area contributed by atoms with Gasteiger partial charge in [-0.1, -0.05) is 19.9 Å². The molecule has 0 spiro atoms. The minimum absolute atomic E-state index is 0.152. The van der Waals surface area contributed by atoms with Crippen LogP contribution in [-0.4, -0.2) is 17.5 Å². The lowest BCUT2D eigenvalue weighted by molar-refractivity contribution is -0.383. The second kappa shape index (κ2) is 5.69. The molecule has 0 bridgehead atoms. The highest BCUT2D eigenvalue weighted by atomic mass is 16.6. The molecule has 1 fully saturated rings. The lowest BCUT2D eigenvalue weighted by Gasteiger charge is -2.19. The summed E-state index contributed by atoms with van der Waals surface area (Å²) in [6, 6.07) is 5.73. The van der Waals surface area contributed by atoms with Gasteiger partial charge in [0.1, 0.15) is 11.4 Å². The zero-order chi connectivity index (χ0) is 14.8. The Morgan fingerprint density at radius 1 is 1.40 bits per heavy atom. The molecule has 0 amide bonds. The molecule has 1 aliphatic carbocycles. The van der Waals surface area contributed by atoms with Crippen molar-refractivity contribution < 1.29 is 4.92 Å². The molecule has 1 aromatic carbocycles. The van der Waals surface area contributed by atoms with Gasteiger partial charge in [0.25, 0.3) is 0 Å². The largest absolute Gasteiger partial charge is 0.380 e. The van der Waals surface area contributed by atoms with E-state index in [0.29, 0.717) is 29.4 Å². The van der Waals surface area contributed by atoms with E-state index in [2.05, 4.69) is 24.5 Å². The summed E-state index contributed by atoms with van der Waals surface area (Å²) >= 11 is 0. The van der Waals surface area contributed by atoms with Crippen LogP contribution in [0.3, 0.4) is 0 Å². The summed E-state index contributed by atoms with van der Waals surface area (Å²) in [5.74, 6) is 0. The summed E-state index contributed by atoms with van der Waals surface area (Å²) in [6.45, 7) is 7.10. The van der Waals surface area contributed by atoms with Crippen LogP contribution in [0.2, 0.25) is 0 Å². The number of nitro groups is 1. The fourth-order valence-corrected chi connectivity index (χ4v) is 2.97. The summed E-state index contributed by atoms with van der Waals surface area (Å²) in [6.07, 6.45) is 3.27. The maximum Gasteiger partial charge on any atom is 0.315 e. The molecule has 1 atom stereocenters. The van der Waals surface area contributed by atoms with E-state index >= 15 is 0 Å². The first-order valence-electron chi connectivity index (χ1n) is 7.21. The molecule has 5 heteroatoms. The molecule has 1 saturated carbocycles. The van der Waals surface area contributed by atoms with Gasteiger partial charge in [0.15, 0.2) is 0 Å². The Bertz CT molecular complexity index is 500. The molecule has 0 radical (unpaired) electrons. The van der Waals surface area contributed by atoms with E-state index in [1.165, 1.54) is 0 Å². The topological polar surface area (TPSA) is 67.2 Å². The van der Waals surface area contributed by atoms with E-state index in [1.54, 1.807) is 12.1 Å². The minimum Gasteiger partial charge on any atom is -0.380 e. The van der Waals surface area contributed by atoms with Gasteiger partial charge in [-0.3, -0.25) is 10.1 Å². The molecule has 1 aromatic rings. The van der Waals surface area contributed by atoms with Crippen molar-refractivity contribution >= 4 is 17.1 Å². The van der Waals surface area contributed by atoms with Crippen LogP contribution in [0.1, 0.15) is 40.0 Å². The number of anilines is 2. The predicted molar refractivity (Wildman–Crippen MR) is 82.3 cm³/mol. The summed E-state index contributed by atoms with van der Waals surface area (Å²) < 4.78 is 0. The normalized spacial score (nSPS) is 20.6. The molecule has 0 heterocycles. The molecule has 20 heavy (non-hydrogen) atoms. The van der Waals surface area contributed by atoms with Crippen LogP contribution >= 0.6 is 0 Å². The van der Waals surface area contributed by atoms with E-state index in [4.69, 9.17) is 0 Å². The molecular weight excluding hydrogens is 254 g/mol. The first-order valence-corrected chi connectivity index (χ1v) is 7.21. The van der Waals surface area contributed by atoms with Crippen LogP contribution in [-0.2, 0) is 0 Å². The van der Waals surface area contributed by atoms with E-state index in [1.807, 2.05) is 13.0 Å². The highest BCUT2D eigenvalue weighted by Gasteiger charge is 2.32. The van der Waals surface area contributed by atoms with Gasteiger partial charge in [-0.2, -0.15) is 0 Å². The fourth-order valence-electron chi connectivity index (χ4n) is 2.97. The highest BCUT2D eigenvalue weighted by Crippen LogP contribution is 2.40. The summed E-state index contributed by atoms with van der Waals surface area (Å²) in [5.41, 5.74) is 1.68. The fraction of sp³-hybridized carbons (Fsp3) is 0.600. The van der Waals surface area contributed by atoms with E-state index in [0.717, 1.165) is 19.3 Å². The predicted octanol–water partition coefficient (Wildman–Crippen LogP) is 4.02. The molecule has 110 valence electrons. The smallest absolute Gasteiger partial charge is 0.315 e. The molecular formula is C15H23N3O2. The molecule has 2 rings (SSSR count). The van der Waals surface area contributed by atoms with Gasteiger partial charge in [-0.05, 0) is 43.7 Å². The van der Waals surface area contributed by atoms with Crippen molar-refractivity contribution in [2.24, 2.45) is 5.41 Å². The SMILES string of the molecule is CCNc1cccc(NC2CCC(C)(C)C2)c1[N+](=O)[O-]. The van der Waals surface area contributed by atoms with Gasteiger partial charge in [0.05, 0.1) is 4.92 Å². The van der Waals surface area contributed by atoms with Crippen molar-refractivity contribution in [1.82, 2.24) is 0 Å². The third kappa shape index (κ3) is 3.21. The second-order valence-corrected chi connectivity index (χ2v) is 6.24. The number of rotatable bonds is 5. The van der Waals surface area contributed by atoms with Crippen LogP contribution in [0.5, 0.6) is 0 Å². The Morgan fingerprint density at radius 2 is 2.10 bits per heavy atom. The Balaban J connectivity index is 2.23. The van der Waals surface area contributed by atoms with Crippen LogP contribution in [0.15, 0.2) is 18.2 Å². The van der Waals surface area contributed by atoms with Gasteiger partial charge >= 0.3 is 5.69 Å². The van der Waals surface area contributed by atoms with Gasteiger partial charge < -0.3 is 10.6 Å². The van der Waals surface area contributed by atoms with Crippen LogP contribution in [0, 0.1) is 15.5 Å². The van der Waals surface area contributed by atoms with Crippen molar-refractivity contribution in [3.8, 4) is 0 Å². The lowest BCUT2D eigenvalue weighted by atomic mass is 9.92. The van der Waals surface area contributed by atoms with Gasteiger partial charge in [-0.15, -0.1) is 0 Å². The molecule has 0 aliphatic heterocycles. The number of nitro benzene ring substituents is 1. The molecule has 0 aromatic heterocycles. The summed E-state index contributed by atoms with van der Waals surface area (Å²) in [5, 5.41) is 17.8. The van der Waals surface area contributed by atoms with Crippen molar-refractivity contribution in [3.05, 3.63) is 28.3 Å². The Morgan fingerprint density at radius 3 is 2.65 bits per heavy atom. The second-order valence-electron chi connectivity index (χ2n) is 6.24. The third-order valence-corrected chi connectivity index (χ3v) is 3.91. The number of nitrogens with one attached hydrogen (secondary N) is 2. The summed E-state index contributed by atoms with van der Waals surface area (Å²) in [7, 11) is 0. The van der Waals surface area contributed by atoms with E-state index in [-0.39, 0.29) is 10.6 Å². The van der Waals surface area contributed by atoms with Crippen LogP contribution in [0.4, 0.5) is 17.1 Å². The quantitative estimate of drug-likeness (QED) is 0.630. The first-order chi connectivity index (χ1) is 9.43. The number of benzene rings is 1. The van der Waals surface area contributed by atoms with Crippen LogP contribution in [0.25, 0.3) is 0 Å². The number of para-hydroxylation sites is 1. The average Bonchev–Trinajstić information content (AvgIpc) is 2.69. The van der Waals surface area contributed by atoms with Crippen molar-refractivity contribution in [2.75, 3.05) is 17.2 Å². The molecule has 0 saturated heterocycles. The van der Waals surface area contributed by atoms with Gasteiger partial charge in [0.2, 0.25) is 0 Å². The standard InChI is InChI=1S/C15H23N3O2/c1-4-16-12-6-5-7-13(14(12)18(19)20)17-11-8-9-15(2,3)10-11/h5-7,11,16-17H,4,8-10H2,1-3H3. The molecule has 2 N–H and O–H groups in total. The first kappa shape index (κ1) is 14.6. The monoisotopic (exact) mass is 277 g/mol. The maximum atomic E-state index is 11.3. The summed E-state index contributed by atoms with van der Waals surface area (Å²) in [4.78, 5) is 11.0. The highest BCUT2D eigenvalue weighted by molar-refractivity contribution is 5.76. The molecule has 1 unspecified atom stereocenters. The number of hydrogen-bond donors (Lipinski definition) is 2. The van der Waals surface area contributed by atoms with Gasteiger partial charge in [0, 0.05) is 12.6 Å². The molecule has 1 aliphatic rings. The van der Waals surface area contributed by atoms with Crippen LogP contribution < -0.4 is 10.6 Å². The Labute approximate surface area is 119 Å². The zero-order valence-electron chi connectivity index (χ0n) is 12.4. The Hall–Kier alpha value is -1.78. The molecule has 5 nitrogen and oxygen atoms in total. The van der Waals surface area contributed by atoms with Gasteiger partial charge in [-0.25, -0.2) is 0 Å². The zero-order valence-corrected chi connectivity index (χ0v) is 12.4. The van der Waals surface area contributed by atoms with E-state index < -0.39 is 0 Å². The number of hydrogen-bond acceptors (Lipinski definition) is 4. The van der Waals surface area contributed by atoms with Crippen molar-refractivity contribution in [3.63, 3.8) is 0 Å².